The van der Waals surface area contributed by atoms with Gasteiger partial charge in [-0.1, -0.05) is 15.9 Å². The van der Waals surface area contributed by atoms with Crippen molar-refractivity contribution < 1.29 is 40.6 Å². The Kier molecular flexibility index (Phi) is 5.13. The third-order valence-electron chi connectivity index (χ3n) is 2.04. The number of hydrogen-bond acceptors (Lipinski definition) is 3. The van der Waals surface area contributed by atoms with Crippen molar-refractivity contribution in [3.8, 4) is 11.5 Å². The zero-order valence-electron chi connectivity index (χ0n) is 10.2. The summed E-state index contributed by atoms with van der Waals surface area (Å²) in [6.07, 6.45) is -10.4. The molecule has 3 nitrogen and oxygen atoms in total. The molecule has 1 aromatic rings. The highest BCUT2D eigenvalue weighted by atomic mass is 79.9. The fourth-order valence-corrected chi connectivity index (χ4v) is 1.57. The van der Waals surface area contributed by atoms with E-state index < -0.39 is 34.8 Å². The van der Waals surface area contributed by atoms with Crippen LogP contribution in [-0.2, 0) is 0 Å². The first-order valence-electron chi connectivity index (χ1n) is 5.23. The minimum absolute atomic E-state index is 0.256. The highest BCUT2D eigenvalue weighted by Gasteiger charge is 2.37. The number of rotatable bonds is 4. The first-order chi connectivity index (χ1) is 9.39. The van der Waals surface area contributed by atoms with E-state index in [1.807, 2.05) is 0 Å². The molecule has 0 spiro atoms. The number of Topliss-reactive ketones (excluding diaryl/α,β-unsaturated/α-hetero) is 1. The number of halogens is 7. The zero-order valence-corrected chi connectivity index (χ0v) is 11.8. The first kappa shape index (κ1) is 17.6. The van der Waals surface area contributed by atoms with E-state index in [9.17, 15) is 31.1 Å². The summed E-state index contributed by atoms with van der Waals surface area (Å²) < 4.78 is 79.8. The van der Waals surface area contributed by atoms with Crippen LogP contribution >= 0.6 is 15.9 Å². The van der Waals surface area contributed by atoms with Gasteiger partial charge in [0.25, 0.3) is 0 Å². The Labute approximate surface area is 123 Å². The van der Waals surface area contributed by atoms with Gasteiger partial charge in [0.2, 0.25) is 0 Å². The molecule has 0 aliphatic rings. The number of ketones is 1. The zero-order chi connectivity index (χ0) is 16.4. The van der Waals surface area contributed by atoms with Crippen molar-refractivity contribution >= 4 is 21.7 Å². The van der Waals surface area contributed by atoms with Gasteiger partial charge in [0.1, 0.15) is 0 Å². The van der Waals surface area contributed by atoms with Crippen LogP contribution in [0.4, 0.5) is 26.3 Å². The largest absolute Gasteiger partial charge is 0.573 e. The number of carbonyl (C=O) groups is 1. The molecule has 0 aliphatic heterocycles. The SMILES string of the molecule is CC(Br)C(=O)c1ccc(OC(F)(F)F)c(OC(F)(F)F)c1. The van der Waals surface area contributed by atoms with E-state index in [-0.39, 0.29) is 5.56 Å². The summed E-state index contributed by atoms with van der Waals surface area (Å²) in [6, 6.07) is 2.02. The lowest BCUT2D eigenvalue weighted by Gasteiger charge is -2.16. The molecule has 0 bridgehead atoms. The van der Waals surface area contributed by atoms with Gasteiger partial charge in [-0.3, -0.25) is 4.79 Å². The lowest BCUT2D eigenvalue weighted by Crippen LogP contribution is -2.22. The average Bonchev–Trinajstić information content (AvgIpc) is 2.26. The topological polar surface area (TPSA) is 35.5 Å². The molecule has 1 aromatic carbocycles. The summed E-state index contributed by atoms with van der Waals surface area (Å²) in [4.78, 5) is 10.9. The molecule has 0 N–H and O–H groups in total. The molecule has 0 saturated carbocycles. The van der Waals surface area contributed by atoms with Gasteiger partial charge >= 0.3 is 12.7 Å². The highest BCUT2D eigenvalue weighted by molar-refractivity contribution is 9.10. The molecule has 0 heterocycles. The average molecular weight is 381 g/mol. The fourth-order valence-electron chi connectivity index (χ4n) is 1.30. The minimum atomic E-state index is -5.23. The van der Waals surface area contributed by atoms with E-state index in [4.69, 9.17) is 0 Å². The van der Waals surface area contributed by atoms with Crippen LogP contribution < -0.4 is 9.47 Å². The molecule has 0 fully saturated rings. The Morgan fingerprint density at radius 2 is 1.52 bits per heavy atom. The molecule has 0 amide bonds. The molecule has 1 unspecified atom stereocenters. The van der Waals surface area contributed by atoms with Crippen molar-refractivity contribution in [1.82, 2.24) is 0 Å². The molecule has 0 radical (unpaired) electrons. The Hall–Kier alpha value is -1.45. The van der Waals surface area contributed by atoms with Gasteiger partial charge in [-0.15, -0.1) is 26.3 Å². The number of ether oxygens (including phenoxy) is 2. The van der Waals surface area contributed by atoms with Gasteiger partial charge in [0.15, 0.2) is 17.3 Å². The molecular weight excluding hydrogens is 374 g/mol. The minimum Gasteiger partial charge on any atom is -0.402 e. The summed E-state index contributed by atoms with van der Waals surface area (Å²) in [5.41, 5.74) is -0.256. The number of hydrogen-bond donors (Lipinski definition) is 0. The Morgan fingerprint density at radius 3 is 1.95 bits per heavy atom. The van der Waals surface area contributed by atoms with Gasteiger partial charge < -0.3 is 9.47 Å². The predicted octanol–water partition coefficient (Wildman–Crippen LogP) is 4.45. The molecule has 0 aromatic heterocycles. The normalized spacial score (nSPS) is 13.7. The quantitative estimate of drug-likeness (QED) is 0.439. The van der Waals surface area contributed by atoms with Gasteiger partial charge in [0.05, 0.1) is 4.83 Å². The predicted molar refractivity (Wildman–Crippen MR) is 62.5 cm³/mol. The molecule has 1 rings (SSSR count). The van der Waals surface area contributed by atoms with Crippen LogP contribution in [0.3, 0.4) is 0 Å². The Morgan fingerprint density at radius 1 is 1.05 bits per heavy atom. The van der Waals surface area contributed by atoms with Crippen molar-refractivity contribution in [1.29, 1.82) is 0 Å². The van der Waals surface area contributed by atoms with E-state index in [0.717, 1.165) is 6.07 Å². The second-order valence-electron chi connectivity index (χ2n) is 3.74. The molecule has 0 saturated heterocycles. The van der Waals surface area contributed by atoms with E-state index in [0.29, 0.717) is 12.1 Å². The van der Waals surface area contributed by atoms with Crippen LogP contribution in [0.1, 0.15) is 17.3 Å². The summed E-state index contributed by atoms with van der Waals surface area (Å²) >= 11 is 2.91. The lowest BCUT2D eigenvalue weighted by atomic mass is 10.1. The van der Waals surface area contributed by atoms with Crippen LogP contribution in [0.2, 0.25) is 0 Å². The molecule has 118 valence electrons. The summed E-state index contributed by atoms with van der Waals surface area (Å²) in [5, 5.41) is 0. The standard InChI is InChI=1S/C11H7BrF6O3/c1-5(12)9(19)6-2-3-7(20-10(13,14)15)8(4-6)21-11(16,17)18/h2-5H,1H3. The molecular formula is C11H7BrF6O3. The van der Waals surface area contributed by atoms with E-state index >= 15 is 0 Å². The lowest BCUT2D eigenvalue weighted by molar-refractivity contribution is -0.287. The summed E-state index contributed by atoms with van der Waals surface area (Å²) in [5.74, 6) is -3.07. The third-order valence-corrected chi connectivity index (χ3v) is 2.46. The number of benzene rings is 1. The summed E-state index contributed by atoms with van der Waals surface area (Å²) in [6.45, 7) is 1.41. The second kappa shape index (κ2) is 6.12. The highest BCUT2D eigenvalue weighted by Crippen LogP contribution is 2.36. The van der Waals surface area contributed by atoms with Crippen LogP contribution in [0.25, 0.3) is 0 Å². The first-order valence-corrected chi connectivity index (χ1v) is 6.14. The maximum Gasteiger partial charge on any atom is 0.573 e. The van der Waals surface area contributed by atoms with Crippen molar-refractivity contribution in [3.05, 3.63) is 23.8 Å². The van der Waals surface area contributed by atoms with Gasteiger partial charge in [-0.25, -0.2) is 0 Å². The molecule has 21 heavy (non-hydrogen) atoms. The monoisotopic (exact) mass is 380 g/mol. The van der Waals surface area contributed by atoms with E-state index in [1.165, 1.54) is 6.92 Å². The van der Waals surface area contributed by atoms with Crippen LogP contribution in [0, 0.1) is 0 Å². The van der Waals surface area contributed by atoms with Crippen molar-refractivity contribution in [2.24, 2.45) is 0 Å². The molecule has 10 heteroatoms. The van der Waals surface area contributed by atoms with Crippen molar-refractivity contribution in [2.45, 2.75) is 24.5 Å². The van der Waals surface area contributed by atoms with Crippen LogP contribution in [0.5, 0.6) is 11.5 Å². The Bertz CT molecular complexity index is 524. The van der Waals surface area contributed by atoms with Crippen LogP contribution in [0.15, 0.2) is 18.2 Å². The van der Waals surface area contributed by atoms with Gasteiger partial charge in [0, 0.05) is 5.56 Å². The molecule has 1 atom stereocenters. The number of carbonyl (C=O) groups excluding carboxylic acids is 1. The maximum atomic E-state index is 12.2. The van der Waals surface area contributed by atoms with E-state index in [2.05, 4.69) is 25.4 Å². The third kappa shape index (κ3) is 5.82. The van der Waals surface area contributed by atoms with Gasteiger partial charge in [-0.05, 0) is 25.1 Å². The van der Waals surface area contributed by atoms with Crippen LogP contribution in [-0.4, -0.2) is 23.3 Å². The Balaban J connectivity index is 3.23. The van der Waals surface area contributed by atoms with Crippen molar-refractivity contribution in [2.75, 3.05) is 0 Å². The van der Waals surface area contributed by atoms with Gasteiger partial charge in [-0.2, -0.15) is 0 Å². The fraction of sp³-hybridized carbons (Fsp3) is 0.364. The second-order valence-corrected chi connectivity index (χ2v) is 5.11. The smallest absolute Gasteiger partial charge is 0.402 e. The number of alkyl halides is 7. The summed E-state index contributed by atoms with van der Waals surface area (Å²) in [7, 11) is 0. The van der Waals surface area contributed by atoms with E-state index in [1.54, 1.807) is 0 Å². The molecule has 0 aliphatic carbocycles. The maximum absolute atomic E-state index is 12.2. The van der Waals surface area contributed by atoms with Crippen molar-refractivity contribution in [3.63, 3.8) is 0 Å².